The lowest BCUT2D eigenvalue weighted by Crippen LogP contribution is -2.28. The molecule has 0 aliphatic heterocycles. The molecule has 3 aromatic heterocycles. The van der Waals surface area contributed by atoms with Gasteiger partial charge in [0.25, 0.3) is 0 Å². The number of thiophene rings is 3. The average Bonchev–Trinajstić information content (AvgIpc) is 3.39. The summed E-state index contributed by atoms with van der Waals surface area (Å²) in [4.78, 5) is 34.2. The predicted molar refractivity (Wildman–Crippen MR) is 136 cm³/mol. The van der Waals surface area contributed by atoms with Gasteiger partial charge in [0.2, 0.25) is 0 Å². The van der Waals surface area contributed by atoms with Gasteiger partial charge in [-0.15, -0.1) is 34.0 Å². The van der Waals surface area contributed by atoms with E-state index in [1.54, 1.807) is 40.9 Å². The molecule has 0 fully saturated rings. The van der Waals surface area contributed by atoms with Gasteiger partial charge < -0.3 is 4.74 Å². The molecule has 1 aliphatic rings. The summed E-state index contributed by atoms with van der Waals surface area (Å²) in [5, 5.41) is 0. The molecule has 0 saturated carbocycles. The van der Waals surface area contributed by atoms with Crippen molar-refractivity contribution in [1.29, 1.82) is 0 Å². The van der Waals surface area contributed by atoms with E-state index in [9.17, 15) is 9.59 Å². The first-order valence-corrected chi connectivity index (χ1v) is 13.3. The third-order valence-electron chi connectivity index (χ3n) is 6.04. The van der Waals surface area contributed by atoms with E-state index in [1.807, 2.05) is 0 Å². The van der Waals surface area contributed by atoms with Crippen molar-refractivity contribution >= 4 is 56.9 Å². The summed E-state index contributed by atoms with van der Waals surface area (Å²) in [5.74, 6) is -1.73. The molecule has 32 heavy (non-hydrogen) atoms. The van der Waals surface area contributed by atoms with Crippen molar-refractivity contribution < 1.29 is 14.3 Å². The molecule has 0 N–H and O–H groups in total. The zero-order valence-corrected chi connectivity index (χ0v) is 22.0. The van der Waals surface area contributed by atoms with Crippen LogP contribution in [0.15, 0.2) is 18.2 Å². The van der Waals surface area contributed by atoms with Crippen LogP contribution >= 0.6 is 34.0 Å². The van der Waals surface area contributed by atoms with Crippen LogP contribution in [0.1, 0.15) is 58.8 Å². The Morgan fingerprint density at radius 1 is 0.844 bits per heavy atom. The third-order valence-corrected chi connectivity index (χ3v) is 8.95. The monoisotopic (exact) mass is 484 g/mol. The highest BCUT2D eigenvalue weighted by Gasteiger charge is 2.50. The number of carbonyl (C=O) groups excluding carboxylic acids is 2. The minimum Gasteiger partial charge on any atom is -0.465 e. The van der Waals surface area contributed by atoms with Crippen LogP contribution in [-0.2, 0) is 14.3 Å². The molecule has 168 valence electrons. The lowest BCUT2D eigenvalue weighted by molar-refractivity contribution is -0.150. The van der Waals surface area contributed by atoms with Crippen LogP contribution < -0.4 is 0 Å². The maximum atomic E-state index is 14.0. The molecular weight excluding hydrogens is 456 g/mol. The Morgan fingerprint density at radius 2 is 1.38 bits per heavy atom. The molecule has 3 heterocycles. The fourth-order valence-corrected chi connectivity index (χ4v) is 7.73. The number of hydrogen-bond donors (Lipinski definition) is 0. The molecule has 2 unspecified atom stereocenters. The van der Waals surface area contributed by atoms with Gasteiger partial charge in [-0.3, -0.25) is 9.59 Å². The third kappa shape index (κ3) is 3.82. The van der Waals surface area contributed by atoms with Crippen LogP contribution in [0.5, 0.6) is 0 Å². The van der Waals surface area contributed by atoms with Gasteiger partial charge in [0, 0.05) is 40.8 Å². The molecular formula is C26H28O3S3. The first kappa shape index (κ1) is 23.1. The van der Waals surface area contributed by atoms with Crippen LogP contribution in [-0.4, -0.2) is 18.4 Å². The predicted octanol–water partition coefficient (Wildman–Crippen LogP) is 7.18. The van der Waals surface area contributed by atoms with Crippen molar-refractivity contribution in [3.8, 4) is 0 Å². The van der Waals surface area contributed by atoms with E-state index in [1.165, 1.54) is 14.6 Å². The molecule has 0 spiro atoms. The fourth-order valence-electron chi connectivity index (χ4n) is 4.89. The van der Waals surface area contributed by atoms with Gasteiger partial charge in [-0.2, -0.15) is 0 Å². The molecule has 0 bridgehead atoms. The summed E-state index contributed by atoms with van der Waals surface area (Å²) < 4.78 is 5.46. The number of ketones is 1. The van der Waals surface area contributed by atoms with Crippen LogP contribution in [0.4, 0.5) is 0 Å². The maximum Gasteiger partial charge on any atom is 0.317 e. The number of ether oxygens (including phenoxy) is 1. The van der Waals surface area contributed by atoms with Gasteiger partial charge in [-0.1, -0.05) is 0 Å². The van der Waals surface area contributed by atoms with Crippen LogP contribution in [0.25, 0.3) is 11.1 Å². The van der Waals surface area contributed by atoms with Crippen LogP contribution in [0, 0.1) is 47.5 Å². The second-order valence-corrected chi connectivity index (χ2v) is 12.8. The zero-order valence-electron chi connectivity index (χ0n) is 19.5. The highest BCUT2D eigenvalue weighted by Crippen LogP contribution is 2.54. The number of carbonyl (C=O) groups is 2. The number of rotatable bonds is 5. The molecule has 6 heteroatoms. The number of Topliss-reactive ketones (excluding diaryl/α,β-unsaturated/α-hetero) is 1. The Hall–Kier alpha value is -2.02. The SMILES string of the molecule is CCOC(=O)C1C(=O)C(c2cc(C)sc2C)=C(c2cc(C)sc2C)C1c1cc(C)sc1C. The summed E-state index contributed by atoms with van der Waals surface area (Å²) >= 11 is 5.14. The maximum absolute atomic E-state index is 14.0. The lowest BCUT2D eigenvalue weighted by atomic mass is 9.82. The van der Waals surface area contributed by atoms with E-state index in [-0.39, 0.29) is 18.3 Å². The Labute approximate surface area is 201 Å². The van der Waals surface area contributed by atoms with Crippen molar-refractivity contribution in [2.24, 2.45) is 5.92 Å². The Balaban J connectivity index is 2.08. The summed E-state index contributed by atoms with van der Waals surface area (Å²) in [6.45, 7) is 14.5. The highest BCUT2D eigenvalue weighted by molar-refractivity contribution is 7.12. The molecule has 0 radical (unpaired) electrons. The number of allylic oxidation sites excluding steroid dienone is 2. The molecule has 2 atom stereocenters. The van der Waals surface area contributed by atoms with Crippen molar-refractivity contribution in [1.82, 2.24) is 0 Å². The van der Waals surface area contributed by atoms with Gasteiger partial charge in [-0.05, 0) is 88.9 Å². The number of aryl methyl sites for hydroxylation is 6. The summed E-state index contributed by atoms with van der Waals surface area (Å²) in [7, 11) is 0. The van der Waals surface area contributed by atoms with Gasteiger partial charge >= 0.3 is 5.97 Å². The van der Waals surface area contributed by atoms with Crippen molar-refractivity contribution in [3.05, 3.63) is 64.2 Å². The fraction of sp³-hybridized carbons (Fsp3) is 0.385. The minimum absolute atomic E-state index is 0.115. The average molecular weight is 485 g/mol. The summed E-state index contributed by atoms with van der Waals surface area (Å²) in [6, 6.07) is 6.41. The molecule has 3 nitrogen and oxygen atoms in total. The Bertz CT molecular complexity index is 1250. The molecule has 4 rings (SSSR count). The zero-order chi connectivity index (χ0) is 23.3. The largest absolute Gasteiger partial charge is 0.465 e. The summed E-state index contributed by atoms with van der Waals surface area (Å²) in [6.07, 6.45) is 0. The van der Waals surface area contributed by atoms with E-state index in [2.05, 4.69) is 59.7 Å². The summed E-state index contributed by atoms with van der Waals surface area (Å²) in [5.41, 5.74) is 4.78. The Morgan fingerprint density at radius 3 is 1.84 bits per heavy atom. The highest BCUT2D eigenvalue weighted by atomic mass is 32.1. The van der Waals surface area contributed by atoms with E-state index in [4.69, 9.17) is 4.74 Å². The van der Waals surface area contributed by atoms with Crippen molar-refractivity contribution in [2.75, 3.05) is 6.61 Å². The molecule has 0 aromatic carbocycles. The number of hydrogen-bond acceptors (Lipinski definition) is 6. The Kier molecular flexibility index (Phi) is 6.31. The molecule has 1 aliphatic carbocycles. The first-order chi connectivity index (χ1) is 15.1. The molecule has 3 aromatic rings. The molecule has 0 saturated heterocycles. The normalized spacial score (nSPS) is 18.7. The van der Waals surface area contributed by atoms with Gasteiger partial charge in [-0.25, -0.2) is 0 Å². The van der Waals surface area contributed by atoms with Crippen LogP contribution in [0.2, 0.25) is 0 Å². The van der Waals surface area contributed by atoms with Gasteiger partial charge in [0.1, 0.15) is 5.92 Å². The van der Waals surface area contributed by atoms with Crippen molar-refractivity contribution in [2.45, 2.75) is 54.4 Å². The lowest BCUT2D eigenvalue weighted by Gasteiger charge is -2.21. The minimum atomic E-state index is -0.855. The van der Waals surface area contributed by atoms with E-state index < -0.39 is 11.9 Å². The van der Waals surface area contributed by atoms with Gasteiger partial charge in [0.15, 0.2) is 5.78 Å². The van der Waals surface area contributed by atoms with Crippen LogP contribution in [0.3, 0.4) is 0 Å². The van der Waals surface area contributed by atoms with E-state index in [0.717, 1.165) is 36.9 Å². The van der Waals surface area contributed by atoms with E-state index >= 15 is 0 Å². The topological polar surface area (TPSA) is 43.4 Å². The second kappa shape index (κ2) is 8.73. The first-order valence-electron chi connectivity index (χ1n) is 10.8. The van der Waals surface area contributed by atoms with Gasteiger partial charge in [0.05, 0.1) is 6.61 Å². The standard InChI is InChI=1S/C26H28O3S3/c1-8-29-26(28)24-22(19-10-13(3)31-16(19)6)21(18-9-12(2)30-15(18)5)23(25(24)27)20-11-14(4)32-17(20)7/h9-11,22,24H,8H2,1-7H3. The smallest absolute Gasteiger partial charge is 0.317 e. The van der Waals surface area contributed by atoms with Crippen molar-refractivity contribution in [3.63, 3.8) is 0 Å². The van der Waals surface area contributed by atoms with E-state index in [0.29, 0.717) is 5.57 Å². The molecule has 0 amide bonds. The second-order valence-electron chi connectivity index (χ2n) is 8.38. The number of esters is 1. The quantitative estimate of drug-likeness (QED) is 0.285.